The normalized spacial score (nSPS) is 21.0. The maximum atomic E-state index is 13.4. The number of aromatic amines is 1. The molecule has 3 aromatic rings. The van der Waals surface area contributed by atoms with Gasteiger partial charge in [-0.1, -0.05) is 5.21 Å². The van der Waals surface area contributed by atoms with Gasteiger partial charge < -0.3 is 9.88 Å². The Kier molecular flexibility index (Phi) is 4.22. The quantitative estimate of drug-likeness (QED) is 0.724. The maximum Gasteiger partial charge on any atom is 0.276 e. The van der Waals surface area contributed by atoms with E-state index in [1.807, 2.05) is 18.7 Å². The summed E-state index contributed by atoms with van der Waals surface area (Å²) in [4.78, 5) is 23.5. The number of piperidine rings is 1. The number of carbonyl (C=O) groups excluding carboxylic acids is 1. The zero-order valence-electron chi connectivity index (χ0n) is 16.5. The highest BCUT2D eigenvalue weighted by Crippen LogP contribution is 2.40. The molecule has 1 saturated heterocycles. The van der Waals surface area contributed by atoms with Crippen molar-refractivity contribution in [3.8, 4) is 5.69 Å². The SMILES string of the molecule is Cc1nc2c([nH]1)CC[C@@H]1[C@H]2CCCN1C(=O)c1nnn(-c2ccc(F)cc2)c1C. The second-order valence-corrected chi connectivity index (χ2v) is 7.95. The predicted molar refractivity (Wildman–Crippen MR) is 104 cm³/mol. The van der Waals surface area contributed by atoms with Gasteiger partial charge in [0.2, 0.25) is 0 Å². The first-order valence-electron chi connectivity index (χ1n) is 10.1. The summed E-state index contributed by atoms with van der Waals surface area (Å²) in [6.07, 6.45) is 3.83. The number of nitrogens with one attached hydrogen (secondary N) is 1. The summed E-state index contributed by atoms with van der Waals surface area (Å²) >= 11 is 0. The maximum absolute atomic E-state index is 13.4. The van der Waals surface area contributed by atoms with E-state index in [4.69, 9.17) is 4.98 Å². The van der Waals surface area contributed by atoms with Crippen LogP contribution in [-0.4, -0.2) is 48.4 Å². The van der Waals surface area contributed by atoms with Crippen molar-refractivity contribution in [1.29, 1.82) is 0 Å². The number of H-pyrrole nitrogens is 1. The Morgan fingerprint density at radius 2 is 2.00 bits per heavy atom. The minimum atomic E-state index is -0.313. The van der Waals surface area contributed by atoms with E-state index in [2.05, 4.69) is 15.3 Å². The molecule has 0 unspecified atom stereocenters. The van der Waals surface area contributed by atoms with Crippen LogP contribution in [0, 0.1) is 19.7 Å². The molecule has 0 bridgehead atoms. The molecule has 1 aromatic carbocycles. The van der Waals surface area contributed by atoms with Crippen molar-refractivity contribution in [2.75, 3.05) is 6.54 Å². The van der Waals surface area contributed by atoms with E-state index in [1.165, 1.54) is 17.8 Å². The first-order valence-corrected chi connectivity index (χ1v) is 10.1. The van der Waals surface area contributed by atoms with Crippen LogP contribution in [0.3, 0.4) is 0 Å². The predicted octanol–water partition coefficient (Wildman–Crippen LogP) is 3.08. The first kappa shape index (κ1) is 18.0. The molecule has 29 heavy (non-hydrogen) atoms. The average molecular weight is 394 g/mol. The number of carbonyl (C=O) groups is 1. The van der Waals surface area contributed by atoms with Crippen LogP contribution in [0.4, 0.5) is 4.39 Å². The molecule has 1 aliphatic carbocycles. The van der Waals surface area contributed by atoms with Gasteiger partial charge in [0.05, 0.1) is 17.1 Å². The van der Waals surface area contributed by atoms with Crippen LogP contribution < -0.4 is 0 Å². The summed E-state index contributed by atoms with van der Waals surface area (Å²) < 4.78 is 14.8. The molecule has 8 heteroatoms. The molecular weight excluding hydrogens is 371 g/mol. The van der Waals surface area contributed by atoms with Crippen molar-refractivity contribution in [2.24, 2.45) is 0 Å². The molecule has 0 spiro atoms. The fraction of sp³-hybridized carbons (Fsp3) is 0.429. The Morgan fingerprint density at radius 3 is 2.79 bits per heavy atom. The number of amides is 1. The lowest BCUT2D eigenvalue weighted by Crippen LogP contribution is -2.49. The lowest BCUT2D eigenvalue weighted by molar-refractivity contribution is 0.0536. The third kappa shape index (κ3) is 2.94. The zero-order valence-corrected chi connectivity index (χ0v) is 16.5. The number of likely N-dealkylation sites (tertiary alicyclic amines) is 1. The van der Waals surface area contributed by atoms with Crippen LogP contribution in [-0.2, 0) is 6.42 Å². The smallest absolute Gasteiger partial charge is 0.276 e. The van der Waals surface area contributed by atoms with E-state index < -0.39 is 0 Å². The van der Waals surface area contributed by atoms with Gasteiger partial charge in [0, 0.05) is 24.2 Å². The molecule has 0 radical (unpaired) electrons. The molecule has 1 aliphatic heterocycles. The van der Waals surface area contributed by atoms with Crippen LogP contribution >= 0.6 is 0 Å². The number of hydrogen-bond acceptors (Lipinski definition) is 4. The Balaban J connectivity index is 1.44. The monoisotopic (exact) mass is 394 g/mol. The lowest BCUT2D eigenvalue weighted by atomic mass is 9.78. The summed E-state index contributed by atoms with van der Waals surface area (Å²) in [6, 6.07) is 6.15. The van der Waals surface area contributed by atoms with E-state index in [1.54, 1.807) is 16.8 Å². The highest BCUT2D eigenvalue weighted by atomic mass is 19.1. The number of aryl methyl sites for hydroxylation is 2. The molecular formula is C21H23FN6O. The third-order valence-electron chi connectivity index (χ3n) is 6.18. The van der Waals surface area contributed by atoms with Gasteiger partial charge in [0.15, 0.2) is 5.69 Å². The van der Waals surface area contributed by atoms with Gasteiger partial charge in [-0.25, -0.2) is 14.1 Å². The average Bonchev–Trinajstić information content (AvgIpc) is 3.29. The number of imidazole rings is 1. The van der Waals surface area contributed by atoms with Gasteiger partial charge in [-0.3, -0.25) is 4.79 Å². The molecule has 3 heterocycles. The van der Waals surface area contributed by atoms with Crippen molar-refractivity contribution in [1.82, 2.24) is 29.9 Å². The van der Waals surface area contributed by atoms with Crippen LogP contribution in [0.1, 0.15) is 58.6 Å². The molecule has 5 rings (SSSR count). The van der Waals surface area contributed by atoms with Crippen molar-refractivity contribution in [2.45, 2.75) is 51.5 Å². The van der Waals surface area contributed by atoms with Crippen LogP contribution in [0.25, 0.3) is 5.69 Å². The van der Waals surface area contributed by atoms with Gasteiger partial charge in [-0.2, -0.15) is 0 Å². The van der Waals surface area contributed by atoms with Gasteiger partial charge >= 0.3 is 0 Å². The van der Waals surface area contributed by atoms with E-state index >= 15 is 0 Å². The van der Waals surface area contributed by atoms with Crippen molar-refractivity contribution in [3.05, 3.63) is 58.7 Å². The number of benzene rings is 1. The fourth-order valence-corrected chi connectivity index (χ4v) is 4.82. The molecule has 1 fully saturated rings. The number of halogens is 1. The highest BCUT2D eigenvalue weighted by Gasteiger charge is 2.41. The molecule has 1 N–H and O–H groups in total. The highest BCUT2D eigenvalue weighted by molar-refractivity contribution is 5.93. The summed E-state index contributed by atoms with van der Waals surface area (Å²) in [6.45, 7) is 4.53. The zero-order chi connectivity index (χ0) is 20.1. The topological polar surface area (TPSA) is 79.7 Å². The van der Waals surface area contributed by atoms with Crippen LogP contribution in [0.5, 0.6) is 0 Å². The largest absolute Gasteiger partial charge is 0.346 e. The van der Waals surface area contributed by atoms with E-state index in [0.29, 0.717) is 17.1 Å². The first-order chi connectivity index (χ1) is 14.0. The molecule has 150 valence electrons. The second-order valence-electron chi connectivity index (χ2n) is 7.95. The Hall–Kier alpha value is -3.03. The number of aromatic nitrogens is 5. The standard InChI is InChI=1S/C21H23FN6O/c1-12-19(25-26-28(12)15-7-5-14(22)6-8-15)21(29)27-11-3-4-16-18(27)10-9-17-20(16)24-13(2)23-17/h5-8,16,18H,3-4,9-11H2,1-2H3,(H,23,24)/t16-,18-/m1/s1. The minimum Gasteiger partial charge on any atom is -0.346 e. The van der Waals surface area contributed by atoms with Gasteiger partial charge in [0.1, 0.15) is 11.6 Å². The van der Waals surface area contributed by atoms with E-state index in [9.17, 15) is 9.18 Å². The molecule has 2 aromatic heterocycles. The Labute approximate surface area is 167 Å². The van der Waals surface area contributed by atoms with Gasteiger partial charge in [-0.05, 0) is 63.8 Å². The second kappa shape index (κ2) is 6.79. The summed E-state index contributed by atoms with van der Waals surface area (Å²) in [5.74, 6) is 0.819. The number of nitrogens with zero attached hydrogens (tertiary/aromatic N) is 5. The Bertz CT molecular complexity index is 1070. The molecule has 2 aliphatic rings. The Morgan fingerprint density at radius 1 is 1.21 bits per heavy atom. The van der Waals surface area contributed by atoms with Crippen molar-refractivity contribution >= 4 is 5.91 Å². The lowest BCUT2D eigenvalue weighted by Gasteiger charge is -2.43. The van der Waals surface area contributed by atoms with Crippen molar-refractivity contribution in [3.63, 3.8) is 0 Å². The van der Waals surface area contributed by atoms with Gasteiger partial charge in [0.25, 0.3) is 5.91 Å². The minimum absolute atomic E-state index is 0.0822. The number of hydrogen-bond donors (Lipinski definition) is 1. The number of fused-ring (bicyclic) bond motifs is 3. The van der Waals surface area contributed by atoms with E-state index in [0.717, 1.165) is 43.7 Å². The fourth-order valence-electron chi connectivity index (χ4n) is 4.82. The summed E-state index contributed by atoms with van der Waals surface area (Å²) in [5, 5.41) is 8.34. The van der Waals surface area contributed by atoms with Crippen molar-refractivity contribution < 1.29 is 9.18 Å². The number of rotatable bonds is 2. The molecule has 1 amide bonds. The van der Waals surface area contributed by atoms with E-state index in [-0.39, 0.29) is 23.7 Å². The van der Waals surface area contributed by atoms with Gasteiger partial charge in [-0.15, -0.1) is 5.10 Å². The summed E-state index contributed by atoms with van der Waals surface area (Å²) in [5.41, 5.74) is 4.05. The van der Waals surface area contributed by atoms with Crippen LogP contribution in [0.2, 0.25) is 0 Å². The third-order valence-corrected chi connectivity index (χ3v) is 6.18. The summed E-state index contributed by atoms with van der Waals surface area (Å²) in [7, 11) is 0. The molecule has 2 atom stereocenters. The molecule has 7 nitrogen and oxygen atoms in total. The molecule has 0 saturated carbocycles. The van der Waals surface area contributed by atoms with Crippen LogP contribution in [0.15, 0.2) is 24.3 Å².